The van der Waals surface area contributed by atoms with E-state index in [0.717, 1.165) is 19.5 Å². The zero-order valence-corrected chi connectivity index (χ0v) is 5.68. The first kappa shape index (κ1) is 6.99. The molecule has 9 heavy (non-hydrogen) atoms. The van der Waals surface area contributed by atoms with Gasteiger partial charge in [0.15, 0.2) is 0 Å². The minimum atomic E-state index is -0.278. The van der Waals surface area contributed by atoms with Crippen LogP contribution in [0.3, 0.4) is 0 Å². The van der Waals surface area contributed by atoms with Crippen molar-refractivity contribution in [3.63, 3.8) is 0 Å². The molecule has 1 rings (SSSR count). The van der Waals surface area contributed by atoms with Gasteiger partial charge < -0.3 is 15.2 Å². The Hall–Kier alpha value is -0.120. The lowest BCUT2D eigenvalue weighted by Crippen LogP contribution is -2.37. The van der Waals surface area contributed by atoms with Crippen LogP contribution in [0.15, 0.2) is 0 Å². The molecule has 1 fully saturated rings. The highest BCUT2D eigenvalue weighted by Gasteiger charge is 2.32. The lowest BCUT2D eigenvalue weighted by molar-refractivity contribution is -0.0358. The van der Waals surface area contributed by atoms with Crippen LogP contribution in [0.1, 0.15) is 6.42 Å². The Bertz CT molecular complexity index is 83.1. The lowest BCUT2D eigenvalue weighted by Gasteiger charge is -2.22. The molecule has 1 heterocycles. The van der Waals surface area contributed by atoms with E-state index in [9.17, 15) is 0 Å². The Labute approximate surface area is 55.0 Å². The monoisotopic (exact) mass is 131 g/mol. The number of hydrogen-bond donors (Lipinski definition) is 2. The van der Waals surface area contributed by atoms with Gasteiger partial charge >= 0.3 is 0 Å². The van der Waals surface area contributed by atoms with E-state index in [1.165, 1.54) is 0 Å². The molecule has 0 aromatic carbocycles. The van der Waals surface area contributed by atoms with E-state index in [2.05, 4.69) is 5.32 Å². The van der Waals surface area contributed by atoms with Crippen LogP contribution in [0, 0.1) is 0 Å². The number of ether oxygens (including phenoxy) is 1. The molecule has 0 radical (unpaired) electrons. The van der Waals surface area contributed by atoms with Crippen molar-refractivity contribution in [1.82, 2.24) is 5.32 Å². The average Bonchev–Trinajstić information content (AvgIpc) is 2.36. The fraction of sp³-hybridized carbons (Fsp3) is 1.00. The Morgan fingerprint density at radius 2 is 2.56 bits per heavy atom. The van der Waals surface area contributed by atoms with Crippen molar-refractivity contribution >= 4 is 0 Å². The first-order valence-corrected chi connectivity index (χ1v) is 3.20. The molecule has 0 spiro atoms. The molecule has 1 saturated heterocycles. The van der Waals surface area contributed by atoms with Crippen molar-refractivity contribution in [3.8, 4) is 0 Å². The van der Waals surface area contributed by atoms with E-state index in [1.807, 2.05) is 0 Å². The predicted octanol–water partition coefficient (Wildman–Crippen LogP) is -0.643. The molecule has 2 N–H and O–H groups in total. The minimum absolute atomic E-state index is 0.122. The summed E-state index contributed by atoms with van der Waals surface area (Å²) in [5, 5.41) is 12.0. The fourth-order valence-corrected chi connectivity index (χ4v) is 1.09. The fourth-order valence-electron chi connectivity index (χ4n) is 1.09. The van der Waals surface area contributed by atoms with Gasteiger partial charge in [0, 0.05) is 13.7 Å². The summed E-state index contributed by atoms with van der Waals surface area (Å²) in [7, 11) is 1.64. The van der Waals surface area contributed by atoms with E-state index in [0.29, 0.717) is 0 Å². The zero-order valence-electron chi connectivity index (χ0n) is 5.68. The van der Waals surface area contributed by atoms with E-state index in [4.69, 9.17) is 9.84 Å². The molecule has 0 amide bonds. The van der Waals surface area contributed by atoms with Crippen LogP contribution in [0.4, 0.5) is 0 Å². The van der Waals surface area contributed by atoms with Crippen molar-refractivity contribution in [3.05, 3.63) is 0 Å². The van der Waals surface area contributed by atoms with Gasteiger partial charge in [-0.25, -0.2) is 0 Å². The Morgan fingerprint density at radius 1 is 1.78 bits per heavy atom. The third-order valence-corrected chi connectivity index (χ3v) is 1.93. The number of nitrogens with one attached hydrogen (secondary N) is 1. The summed E-state index contributed by atoms with van der Waals surface area (Å²) in [5.74, 6) is 0. The van der Waals surface area contributed by atoms with Crippen molar-refractivity contribution in [1.29, 1.82) is 0 Å². The first-order valence-electron chi connectivity index (χ1n) is 3.20. The summed E-state index contributed by atoms with van der Waals surface area (Å²) < 4.78 is 5.14. The molecule has 0 aliphatic carbocycles. The minimum Gasteiger partial charge on any atom is -0.393 e. The second kappa shape index (κ2) is 2.64. The van der Waals surface area contributed by atoms with Crippen molar-refractivity contribution in [2.24, 2.45) is 0 Å². The standard InChI is InChI=1S/C6H13NO2/c1-9-6(5-8)2-3-7-4-6/h7-8H,2-5H2,1H3/t6-/m1/s1. The van der Waals surface area contributed by atoms with Crippen LogP contribution in [0.5, 0.6) is 0 Å². The molecular formula is C6H13NO2. The van der Waals surface area contributed by atoms with Crippen molar-refractivity contribution < 1.29 is 9.84 Å². The molecule has 0 unspecified atom stereocenters. The van der Waals surface area contributed by atoms with Gasteiger partial charge in [0.25, 0.3) is 0 Å². The van der Waals surface area contributed by atoms with Gasteiger partial charge in [0.2, 0.25) is 0 Å². The molecule has 3 heteroatoms. The Balaban J connectivity index is 2.45. The van der Waals surface area contributed by atoms with Gasteiger partial charge in [0.05, 0.1) is 6.61 Å². The van der Waals surface area contributed by atoms with Gasteiger partial charge in [-0.1, -0.05) is 0 Å². The maximum atomic E-state index is 8.85. The third-order valence-electron chi connectivity index (χ3n) is 1.93. The highest BCUT2D eigenvalue weighted by molar-refractivity contribution is 4.88. The Morgan fingerprint density at radius 3 is 2.78 bits per heavy atom. The first-order chi connectivity index (χ1) is 4.33. The maximum absolute atomic E-state index is 8.85. The highest BCUT2D eigenvalue weighted by atomic mass is 16.5. The topological polar surface area (TPSA) is 41.5 Å². The summed E-state index contributed by atoms with van der Waals surface area (Å²) in [6.45, 7) is 1.85. The van der Waals surface area contributed by atoms with Crippen LogP contribution < -0.4 is 5.32 Å². The van der Waals surface area contributed by atoms with Gasteiger partial charge in [-0.3, -0.25) is 0 Å². The second-order valence-electron chi connectivity index (χ2n) is 2.47. The van der Waals surface area contributed by atoms with Crippen LogP contribution in [-0.4, -0.2) is 37.5 Å². The van der Waals surface area contributed by atoms with Gasteiger partial charge in [-0.2, -0.15) is 0 Å². The molecule has 0 saturated carbocycles. The molecular weight excluding hydrogens is 118 g/mol. The van der Waals surface area contributed by atoms with Crippen LogP contribution in [-0.2, 0) is 4.74 Å². The van der Waals surface area contributed by atoms with Gasteiger partial charge in [0.1, 0.15) is 5.60 Å². The largest absolute Gasteiger partial charge is 0.393 e. The van der Waals surface area contributed by atoms with E-state index >= 15 is 0 Å². The van der Waals surface area contributed by atoms with E-state index in [1.54, 1.807) is 7.11 Å². The number of methoxy groups -OCH3 is 1. The SMILES string of the molecule is CO[C@]1(CO)CCNC1. The Kier molecular flexibility index (Phi) is 2.05. The highest BCUT2D eigenvalue weighted by Crippen LogP contribution is 2.16. The predicted molar refractivity (Wildman–Crippen MR) is 34.3 cm³/mol. The van der Waals surface area contributed by atoms with Crippen molar-refractivity contribution in [2.45, 2.75) is 12.0 Å². The zero-order chi connectivity index (χ0) is 6.74. The molecule has 1 atom stereocenters. The molecule has 0 aromatic heterocycles. The molecule has 1 aliphatic heterocycles. The molecule has 0 aromatic rings. The van der Waals surface area contributed by atoms with Crippen LogP contribution in [0.25, 0.3) is 0 Å². The second-order valence-corrected chi connectivity index (χ2v) is 2.47. The summed E-state index contributed by atoms with van der Waals surface area (Å²) in [6.07, 6.45) is 0.917. The van der Waals surface area contributed by atoms with Crippen LogP contribution in [0.2, 0.25) is 0 Å². The molecule has 54 valence electrons. The summed E-state index contributed by atoms with van der Waals surface area (Å²) >= 11 is 0. The van der Waals surface area contributed by atoms with E-state index in [-0.39, 0.29) is 12.2 Å². The maximum Gasteiger partial charge on any atom is 0.104 e. The van der Waals surface area contributed by atoms with Gasteiger partial charge in [-0.05, 0) is 13.0 Å². The normalized spacial score (nSPS) is 35.3. The molecule has 1 aliphatic rings. The summed E-state index contributed by atoms with van der Waals surface area (Å²) in [5.41, 5.74) is -0.278. The van der Waals surface area contributed by atoms with Crippen molar-refractivity contribution in [2.75, 3.05) is 26.8 Å². The summed E-state index contributed by atoms with van der Waals surface area (Å²) in [4.78, 5) is 0. The molecule has 3 nitrogen and oxygen atoms in total. The van der Waals surface area contributed by atoms with Gasteiger partial charge in [-0.15, -0.1) is 0 Å². The third kappa shape index (κ3) is 1.23. The summed E-state index contributed by atoms with van der Waals surface area (Å²) in [6, 6.07) is 0. The number of aliphatic hydroxyl groups excluding tert-OH is 1. The number of rotatable bonds is 2. The van der Waals surface area contributed by atoms with E-state index < -0.39 is 0 Å². The number of aliphatic hydroxyl groups is 1. The smallest absolute Gasteiger partial charge is 0.104 e. The number of hydrogen-bond acceptors (Lipinski definition) is 3. The molecule has 0 bridgehead atoms. The lowest BCUT2D eigenvalue weighted by atomic mass is 10.1. The average molecular weight is 131 g/mol. The van der Waals surface area contributed by atoms with Crippen LogP contribution >= 0.6 is 0 Å². The quantitative estimate of drug-likeness (QED) is 0.523.